The number of nitrogens with one attached hydrogen (secondary N) is 1. The van der Waals surface area contributed by atoms with Crippen LogP contribution in [-0.4, -0.2) is 71.7 Å². The van der Waals surface area contributed by atoms with Crippen LogP contribution in [0.1, 0.15) is 40.5 Å². The van der Waals surface area contributed by atoms with E-state index in [1.54, 1.807) is 0 Å². The second-order valence-electron chi connectivity index (χ2n) is 8.60. The van der Waals surface area contributed by atoms with Crippen molar-refractivity contribution in [3.63, 3.8) is 0 Å². The molecule has 0 spiro atoms. The van der Waals surface area contributed by atoms with Crippen LogP contribution in [0.25, 0.3) is 0 Å². The van der Waals surface area contributed by atoms with Crippen molar-refractivity contribution in [1.82, 2.24) is 15.1 Å². The van der Waals surface area contributed by atoms with Crippen LogP contribution in [0.4, 0.5) is 0 Å². The van der Waals surface area contributed by atoms with Crippen molar-refractivity contribution in [2.75, 3.05) is 39.3 Å². The van der Waals surface area contributed by atoms with Gasteiger partial charge < -0.3 is 10.4 Å². The number of rotatable bonds is 6. The van der Waals surface area contributed by atoms with E-state index >= 15 is 0 Å². The van der Waals surface area contributed by atoms with E-state index in [1.807, 2.05) is 27.7 Å². The summed E-state index contributed by atoms with van der Waals surface area (Å²) in [4.78, 5) is 16.6. The number of amides is 1. The highest BCUT2D eigenvalue weighted by Gasteiger charge is 2.43. The van der Waals surface area contributed by atoms with Crippen LogP contribution in [-0.2, 0) is 4.79 Å². The lowest BCUT2D eigenvalue weighted by Crippen LogP contribution is -2.54. The molecular formula is C18H32N4O2. The van der Waals surface area contributed by atoms with E-state index in [0.29, 0.717) is 19.0 Å². The zero-order valence-corrected chi connectivity index (χ0v) is 15.5. The Morgan fingerprint density at radius 1 is 1.21 bits per heavy atom. The van der Waals surface area contributed by atoms with E-state index in [0.717, 1.165) is 39.0 Å². The molecule has 1 aliphatic carbocycles. The Morgan fingerprint density at radius 2 is 1.75 bits per heavy atom. The third kappa shape index (κ3) is 5.17. The van der Waals surface area contributed by atoms with E-state index in [-0.39, 0.29) is 17.4 Å². The largest absolute Gasteiger partial charge is 0.391 e. The van der Waals surface area contributed by atoms with E-state index in [9.17, 15) is 15.2 Å². The lowest BCUT2D eigenvalue weighted by atomic mass is 9.89. The van der Waals surface area contributed by atoms with Gasteiger partial charge in [0, 0.05) is 32.7 Å². The maximum Gasteiger partial charge on any atom is 0.235 e. The Kier molecular flexibility index (Phi) is 5.90. The van der Waals surface area contributed by atoms with Gasteiger partial charge in [-0.05, 0) is 31.1 Å². The van der Waals surface area contributed by atoms with Crippen molar-refractivity contribution >= 4 is 5.91 Å². The monoisotopic (exact) mass is 336 g/mol. The zero-order chi connectivity index (χ0) is 18.0. The predicted molar refractivity (Wildman–Crippen MR) is 93.2 cm³/mol. The Morgan fingerprint density at radius 3 is 2.21 bits per heavy atom. The standard InChI is InChI=1S/C18H32N4O2/c1-17(2,3)15(23)11-21-7-9-22(10-8-21)12-16(24)20-18(4,13-19)14-5-6-14/h14-15,23H,5-12H2,1-4H3,(H,20,24). The Hall–Kier alpha value is -1.16. The molecule has 0 radical (unpaired) electrons. The minimum Gasteiger partial charge on any atom is -0.391 e. The lowest BCUT2D eigenvalue weighted by molar-refractivity contribution is -0.124. The Balaban J connectivity index is 1.73. The highest BCUT2D eigenvalue weighted by Crippen LogP contribution is 2.39. The van der Waals surface area contributed by atoms with Crippen LogP contribution in [0.2, 0.25) is 0 Å². The number of aliphatic hydroxyl groups excluding tert-OH is 1. The summed E-state index contributed by atoms with van der Waals surface area (Å²) in [6.45, 7) is 12.3. The molecule has 0 bridgehead atoms. The van der Waals surface area contributed by atoms with Gasteiger partial charge in [0.15, 0.2) is 0 Å². The van der Waals surface area contributed by atoms with Crippen molar-refractivity contribution < 1.29 is 9.90 Å². The molecule has 0 aromatic carbocycles. The minimum atomic E-state index is -0.713. The fourth-order valence-corrected chi connectivity index (χ4v) is 3.06. The highest BCUT2D eigenvalue weighted by molar-refractivity contribution is 5.79. The van der Waals surface area contributed by atoms with Crippen LogP contribution in [0, 0.1) is 22.7 Å². The van der Waals surface area contributed by atoms with Gasteiger partial charge >= 0.3 is 0 Å². The van der Waals surface area contributed by atoms with Crippen molar-refractivity contribution in [3.05, 3.63) is 0 Å². The van der Waals surface area contributed by atoms with Gasteiger partial charge in [0.05, 0.1) is 18.7 Å². The Labute approximate surface area is 145 Å². The summed E-state index contributed by atoms with van der Waals surface area (Å²) in [6, 6.07) is 2.26. The molecule has 1 saturated heterocycles. The summed E-state index contributed by atoms with van der Waals surface area (Å²) in [5.74, 6) is 0.247. The summed E-state index contributed by atoms with van der Waals surface area (Å²) in [7, 11) is 0. The molecule has 24 heavy (non-hydrogen) atoms. The predicted octanol–water partition coefficient (Wildman–Crippen LogP) is 0.819. The van der Waals surface area contributed by atoms with Gasteiger partial charge in [-0.25, -0.2) is 0 Å². The first-order chi connectivity index (χ1) is 11.1. The van der Waals surface area contributed by atoms with E-state index in [4.69, 9.17) is 0 Å². The number of piperazine rings is 1. The maximum atomic E-state index is 12.3. The lowest BCUT2D eigenvalue weighted by Gasteiger charge is -2.38. The quantitative estimate of drug-likeness (QED) is 0.751. The number of carbonyl (C=O) groups is 1. The Bertz CT molecular complexity index is 484. The normalized spacial score (nSPS) is 24.0. The first-order valence-electron chi connectivity index (χ1n) is 8.99. The summed E-state index contributed by atoms with van der Waals surface area (Å²) in [5.41, 5.74) is -0.822. The number of β-amino-alcohol motifs (C(OH)–C–C–N with tert-alkyl or cyclic N) is 1. The second kappa shape index (κ2) is 7.38. The van der Waals surface area contributed by atoms with E-state index in [2.05, 4.69) is 21.2 Å². The molecule has 2 unspecified atom stereocenters. The third-order valence-electron chi connectivity index (χ3n) is 5.29. The third-order valence-corrected chi connectivity index (χ3v) is 5.29. The molecule has 1 saturated carbocycles. The number of carbonyl (C=O) groups excluding carboxylic acids is 1. The number of nitrogens with zero attached hydrogens (tertiary/aromatic N) is 3. The van der Waals surface area contributed by atoms with E-state index in [1.165, 1.54) is 0 Å². The maximum absolute atomic E-state index is 12.3. The first kappa shape index (κ1) is 19.2. The van der Waals surface area contributed by atoms with Crippen LogP contribution >= 0.6 is 0 Å². The topological polar surface area (TPSA) is 79.6 Å². The van der Waals surface area contributed by atoms with Crippen molar-refractivity contribution in [1.29, 1.82) is 5.26 Å². The molecule has 2 N–H and O–H groups in total. The molecule has 1 aliphatic heterocycles. The average Bonchev–Trinajstić information content (AvgIpc) is 3.33. The SMILES string of the molecule is CC(C)(C)C(O)CN1CCN(CC(=O)NC(C)(C#N)C2CC2)CC1. The fourth-order valence-electron chi connectivity index (χ4n) is 3.06. The molecule has 6 heteroatoms. The van der Waals surface area contributed by atoms with Gasteiger partial charge in [0.1, 0.15) is 5.54 Å². The summed E-state index contributed by atoms with van der Waals surface area (Å²) < 4.78 is 0. The smallest absolute Gasteiger partial charge is 0.235 e. The summed E-state index contributed by atoms with van der Waals surface area (Å²) in [6.07, 6.45) is 1.71. The molecule has 1 amide bonds. The van der Waals surface area contributed by atoms with Gasteiger partial charge in [-0.3, -0.25) is 14.6 Å². The molecule has 1 heterocycles. The van der Waals surface area contributed by atoms with E-state index < -0.39 is 5.54 Å². The van der Waals surface area contributed by atoms with Gasteiger partial charge in [0.25, 0.3) is 0 Å². The summed E-state index contributed by atoms with van der Waals surface area (Å²) in [5, 5.41) is 22.5. The molecule has 0 aromatic rings. The molecule has 2 rings (SSSR count). The van der Waals surface area contributed by atoms with Crippen LogP contribution in [0.5, 0.6) is 0 Å². The number of aliphatic hydroxyl groups is 1. The van der Waals surface area contributed by atoms with Crippen molar-refractivity contribution in [3.8, 4) is 6.07 Å². The van der Waals surface area contributed by atoms with Gasteiger partial charge in [-0.2, -0.15) is 5.26 Å². The molecule has 6 nitrogen and oxygen atoms in total. The number of hydrogen-bond donors (Lipinski definition) is 2. The number of nitriles is 1. The molecule has 2 aliphatic rings. The second-order valence-corrected chi connectivity index (χ2v) is 8.60. The summed E-state index contributed by atoms with van der Waals surface area (Å²) >= 11 is 0. The molecule has 2 atom stereocenters. The van der Waals surface area contributed by atoms with Gasteiger partial charge in [0.2, 0.25) is 5.91 Å². The molecular weight excluding hydrogens is 304 g/mol. The fraction of sp³-hybridized carbons (Fsp3) is 0.889. The minimum absolute atomic E-state index is 0.0610. The van der Waals surface area contributed by atoms with Crippen LogP contribution < -0.4 is 5.32 Å². The number of hydrogen-bond acceptors (Lipinski definition) is 5. The highest BCUT2D eigenvalue weighted by atomic mass is 16.3. The molecule has 2 fully saturated rings. The van der Waals surface area contributed by atoms with Crippen molar-refractivity contribution in [2.45, 2.75) is 52.2 Å². The first-order valence-corrected chi connectivity index (χ1v) is 8.99. The molecule has 136 valence electrons. The molecule has 0 aromatic heterocycles. The van der Waals surface area contributed by atoms with Crippen molar-refractivity contribution in [2.24, 2.45) is 11.3 Å². The van der Waals surface area contributed by atoms with Crippen LogP contribution in [0.3, 0.4) is 0 Å². The van der Waals surface area contributed by atoms with Gasteiger partial charge in [-0.15, -0.1) is 0 Å². The van der Waals surface area contributed by atoms with Gasteiger partial charge in [-0.1, -0.05) is 20.8 Å². The zero-order valence-electron chi connectivity index (χ0n) is 15.5. The van der Waals surface area contributed by atoms with Crippen LogP contribution in [0.15, 0.2) is 0 Å². The average molecular weight is 336 g/mol.